The minimum Gasteiger partial charge on any atom is -0.387 e. The van der Waals surface area contributed by atoms with Crippen molar-refractivity contribution in [2.45, 2.75) is 53.3 Å². The summed E-state index contributed by atoms with van der Waals surface area (Å²) in [6.45, 7) is 0.403. The first kappa shape index (κ1) is 35.1. The van der Waals surface area contributed by atoms with E-state index in [4.69, 9.17) is 27.9 Å². The number of phosphoric ester groups is 1. The molecule has 0 amide bonds. The Bertz CT molecular complexity index is 1310. The summed E-state index contributed by atoms with van der Waals surface area (Å²) in [6, 6.07) is 0. The van der Waals surface area contributed by atoms with Gasteiger partial charge in [0.1, 0.15) is 18.3 Å². The zero-order chi connectivity index (χ0) is 30.8. The van der Waals surface area contributed by atoms with Crippen LogP contribution in [-0.4, -0.2) is 99.0 Å². The van der Waals surface area contributed by atoms with Crippen molar-refractivity contribution in [2.75, 3.05) is 36.2 Å². The standard InChI is InChI=1S/C18H26Cl2F3N5O9P2S2/c1-17(19,20)38(31,32)37-39(33,34)35-7-9-11(29)12(30)15(36-9)28-8-25-10-13(24-4-6-40-2)26-16(27-14(10)28)41-5-3-18(21,22)23/h8-9,11-12,15,29-30H,3-7H2,1-2H3,(H,31,32)(H,33,34)(H,24,26,27)/t9-,11-,12-,15-/m1/s1. The number of aromatic nitrogens is 4. The number of imidazole rings is 1. The van der Waals surface area contributed by atoms with Gasteiger partial charge in [0.05, 0.1) is 19.4 Å². The second kappa shape index (κ2) is 13.7. The molecule has 0 spiro atoms. The molecule has 0 radical (unpaired) electrons. The summed E-state index contributed by atoms with van der Waals surface area (Å²) in [5.74, 6) is 0.549. The Hall–Kier alpha value is -0.400. The van der Waals surface area contributed by atoms with Crippen molar-refractivity contribution in [3.05, 3.63) is 6.33 Å². The zero-order valence-electron chi connectivity index (χ0n) is 21.1. The van der Waals surface area contributed by atoms with Crippen LogP contribution in [0, 0.1) is 0 Å². The maximum absolute atomic E-state index is 12.7. The van der Waals surface area contributed by atoms with Crippen LogP contribution in [0.25, 0.3) is 11.2 Å². The van der Waals surface area contributed by atoms with Gasteiger partial charge >= 0.3 is 21.6 Å². The fraction of sp³-hybridized carbons (Fsp3) is 0.722. The van der Waals surface area contributed by atoms with E-state index in [0.29, 0.717) is 12.3 Å². The molecule has 1 fully saturated rings. The van der Waals surface area contributed by atoms with Crippen LogP contribution < -0.4 is 5.32 Å². The monoisotopic (exact) mass is 709 g/mol. The van der Waals surface area contributed by atoms with Gasteiger partial charge in [-0.3, -0.25) is 13.7 Å². The van der Waals surface area contributed by atoms with Crippen LogP contribution in [0.2, 0.25) is 0 Å². The van der Waals surface area contributed by atoms with E-state index in [2.05, 4.69) is 29.1 Å². The Morgan fingerprint density at radius 3 is 2.49 bits per heavy atom. The van der Waals surface area contributed by atoms with E-state index < -0.39 is 63.2 Å². The SMILES string of the molecule is CSCCNc1nc(SCCC(F)(F)F)nc2c1ncn2[C@@H]1O[C@H](COP(=O)(O)OP(=O)(O)C(C)(Cl)Cl)[C@@H](O)[C@H]1O. The molecule has 2 unspecified atom stereocenters. The number of anilines is 1. The summed E-state index contributed by atoms with van der Waals surface area (Å²) in [7, 11) is -10.3. The number of hydrogen-bond acceptors (Lipinski definition) is 13. The Labute approximate surface area is 249 Å². The van der Waals surface area contributed by atoms with Gasteiger partial charge in [-0.15, -0.1) is 0 Å². The fourth-order valence-corrected chi connectivity index (χ4v) is 7.20. The highest BCUT2D eigenvalue weighted by atomic mass is 35.5. The first-order valence-electron chi connectivity index (χ1n) is 11.4. The van der Waals surface area contributed by atoms with Crippen LogP contribution in [0.5, 0.6) is 0 Å². The Kier molecular flexibility index (Phi) is 11.7. The molecule has 234 valence electrons. The topological polar surface area (TPSA) is 198 Å². The molecular formula is C18H26Cl2F3N5O9P2S2. The summed E-state index contributed by atoms with van der Waals surface area (Å²) in [4.78, 5) is 32.3. The number of ether oxygens (including phenoxy) is 1. The Balaban J connectivity index is 1.82. The van der Waals surface area contributed by atoms with Gasteiger partial charge in [0.25, 0.3) is 0 Å². The third-order valence-electron chi connectivity index (χ3n) is 5.34. The number of aliphatic hydroxyl groups is 2. The summed E-state index contributed by atoms with van der Waals surface area (Å²) >= 11 is 13.3. The van der Waals surface area contributed by atoms with E-state index in [1.807, 2.05) is 6.26 Å². The molecule has 0 bridgehead atoms. The number of thioether (sulfide) groups is 2. The van der Waals surface area contributed by atoms with Crippen molar-refractivity contribution >= 4 is 79.1 Å². The molecule has 41 heavy (non-hydrogen) atoms. The van der Waals surface area contributed by atoms with Gasteiger partial charge in [-0.1, -0.05) is 35.0 Å². The molecule has 3 heterocycles. The van der Waals surface area contributed by atoms with E-state index in [9.17, 15) is 42.3 Å². The van der Waals surface area contributed by atoms with Crippen molar-refractivity contribution in [3.8, 4) is 0 Å². The number of phosphoric acid groups is 1. The highest BCUT2D eigenvalue weighted by Crippen LogP contribution is 2.69. The number of aliphatic hydroxyl groups excluding tert-OH is 2. The fourth-order valence-electron chi connectivity index (χ4n) is 3.30. The molecule has 1 aliphatic rings. The van der Waals surface area contributed by atoms with E-state index >= 15 is 0 Å². The van der Waals surface area contributed by atoms with Crippen LogP contribution in [0.1, 0.15) is 19.6 Å². The average Bonchev–Trinajstić information content (AvgIpc) is 3.36. The summed E-state index contributed by atoms with van der Waals surface area (Å²) in [5.41, 5.74) is 0.258. The van der Waals surface area contributed by atoms with Gasteiger partial charge in [-0.2, -0.15) is 24.9 Å². The van der Waals surface area contributed by atoms with Crippen LogP contribution >= 0.6 is 62.1 Å². The highest BCUT2D eigenvalue weighted by molar-refractivity contribution is 7.99. The Morgan fingerprint density at radius 1 is 1.20 bits per heavy atom. The van der Waals surface area contributed by atoms with Crippen LogP contribution in [-0.2, 0) is 22.7 Å². The van der Waals surface area contributed by atoms with Gasteiger partial charge in [-0.05, 0) is 13.2 Å². The number of hydrogen-bond donors (Lipinski definition) is 5. The quantitative estimate of drug-likeness (QED) is 0.0625. The zero-order valence-corrected chi connectivity index (χ0v) is 26.1. The molecule has 0 aromatic carbocycles. The average molecular weight is 710 g/mol. The molecule has 0 saturated carbocycles. The van der Waals surface area contributed by atoms with Crippen molar-refractivity contribution in [3.63, 3.8) is 0 Å². The smallest absolute Gasteiger partial charge is 0.387 e. The van der Waals surface area contributed by atoms with Crippen LogP contribution in [0.15, 0.2) is 11.5 Å². The maximum Gasteiger partial charge on any atom is 0.479 e. The number of fused-ring (bicyclic) bond motifs is 1. The van der Waals surface area contributed by atoms with Gasteiger partial charge < -0.3 is 30.1 Å². The molecular weight excluding hydrogens is 684 g/mol. The van der Waals surface area contributed by atoms with E-state index in [0.717, 1.165) is 18.7 Å². The molecule has 2 aromatic rings. The first-order valence-corrected chi connectivity index (χ1v) is 17.6. The molecule has 0 aliphatic carbocycles. The molecule has 1 aliphatic heterocycles. The lowest BCUT2D eigenvalue weighted by Gasteiger charge is -2.23. The van der Waals surface area contributed by atoms with Crippen LogP contribution in [0.3, 0.4) is 0 Å². The third-order valence-corrected chi connectivity index (χ3v) is 11.3. The van der Waals surface area contributed by atoms with Gasteiger partial charge in [0, 0.05) is 18.1 Å². The van der Waals surface area contributed by atoms with E-state index in [1.54, 1.807) is 0 Å². The molecule has 6 atom stereocenters. The number of alkyl halides is 5. The molecule has 3 rings (SSSR count). The Morgan fingerprint density at radius 2 is 1.88 bits per heavy atom. The largest absolute Gasteiger partial charge is 0.479 e. The first-order chi connectivity index (χ1) is 18.9. The van der Waals surface area contributed by atoms with Gasteiger partial charge in [0.15, 0.2) is 28.4 Å². The molecule has 14 nitrogen and oxygen atoms in total. The summed E-state index contributed by atoms with van der Waals surface area (Å²) in [5, 5.41) is 24.2. The molecule has 1 saturated heterocycles. The van der Waals surface area contributed by atoms with Crippen LogP contribution in [0.4, 0.5) is 19.0 Å². The minimum absolute atomic E-state index is 0.0135. The summed E-state index contributed by atoms with van der Waals surface area (Å²) < 4.78 is 75.4. The predicted molar refractivity (Wildman–Crippen MR) is 146 cm³/mol. The molecule has 5 N–H and O–H groups in total. The van der Waals surface area contributed by atoms with E-state index in [1.165, 1.54) is 22.7 Å². The van der Waals surface area contributed by atoms with Gasteiger partial charge in [0.2, 0.25) is 4.07 Å². The highest BCUT2D eigenvalue weighted by Gasteiger charge is 2.49. The van der Waals surface area contributed by atoms with Gasteiger partial charge in [-0.25, -0.2) is 23.8 Å². The molecule has 23 heteroatoms. The van der Waals surface area contributed by atoms with E-state index in [-0.39, 0.29) is 27.9 Å². The number of rotatable bonds is 14. The van der Waals surface area contributed by atoms with Crippen molar-refractivity contribution < 1.29 is 55.9 Å². The second-order valence-corrected chi connectivity index (χ2v) is 16.6. The molecule has 2 aromatic heterocycles. The number of nitrogens with zero attached hydrogens (tertiary/aromatic N) is 4. The lowest BCUT2D eigenvalue weighted by Crippen LogP contribution is -2.33. The second-order valence-electron chi connectivity index (χ2n) is 8.57. The summed E-state index contributed by atoms with van der Waals surface area (Å²) in [6.07, 6.45) is -8.59. The van der Waals surface area contributed by atoms with Crippen molar-refractivity contribution in [1.29, 1.82) is 0 Å². The lowest BCUT2D eigenvalue weighted by atomic mass is 10.1. The van der Waals surface area contributed by atoms with Crippen molar-refractivity contribution in [1.82, 2.24) is 19.5 Å². The number of nitrogens with one attached hydrogen (secondary N) is 1. The normalized spacial score (nSPS) is 24.9. The third kappa shape index (κ3) is 9.30. The maximum atomic E-state index is 12.7. The number of halogens is 5. The minimum atomic E-state index is -5.27. The predicted octanol–water partition coefficient (Wildman–Crippen LogP) is 3.74. The lowest BCUT2D eigenvalue weighted by molar-refractivity contribution is -0.129. The van der Waals surface area contributed by atoms with Crippen molar-refractivity contribution in [2.24, 2.45) is 0 Å².